The second kappa shape index (κ2) is 6.42. The average Bonchev–Trinajstić information content (AvgIpc) is 3.23. The molecule has 126 valence electrons. The van der Waals surface area contributed by atoms with Crippen LogP contribution in [0, 0.1) is 6.92 Å². The monoisotopic (exact) mass is 408 g/mol. The van der Waals surface area contributed by atoms with E-state index in [0.717, 1.165) is 11.2 Å². The number of hydrogen-bond donors (Lipinski definition) is 1. The molecular weight excluding hydrogens is 399 g/mol. The van der Waals surface area contributed by atoms with Crippen LogP contribution in [0.5, 0.6) is 0 Å². The molecule has 0 bridgehead atoms. The van der Waals surface area contributed by atoms with E-state index in [1.54, 1.807) is 10.5 Å². The zero-order chi connectivity index (χ0) is 17.6. The van der Waals surface area contributed by atoms with Crippen LogP contribution in [0.25, 0.3) is 16.9 Å². The van der Waals surface area contributed by atoms with Gasteiger partial charge in [0.15, 0.2) is 5.13 Å². The molecule has 1 N–H and O–H groups in total. The number of anilines is 1. The summed E-state index contributed by atoms with van der Waals surface area (Å²) in [7, 11) is 0. The number of halogens is 2. The number of nitrogens with zero attached hydrogens (tertiary/aromatic N) is 3. The van der Waals surface area contributed by atoms with Gasteiger partial charge in [0.2, 0.25) is 0 Å². The molecule has 4 aromatic rings. The first-order valence-corrected chi connectivity index (χ1v) is 9.64. The zero-order valence-corrected chi connectivity index (χ0v) is 15.9. The number of fused-ring (bicyclic) bond motifs is 1. The van der Waals surface area contributed by atoms with Crippen molar-refractivity contribution in [3.8, 4) is 11.3 Å². The maximum absolute atomic E-state index is 12.7. The summed E-state index contributed by atoms with van der Waals surface area (Å²) >= 11 is 14.8. The number of imidazole rings is 1. The van der Waals surface area contributed by atoms with Crippen LogP contribution in [0.15, 0.2) is 35.8 Å². The number of thiophene rings is 1. The van der Waals surface area contributed by atoms with Gasteiger partial charge in [-0.3, -0.25) is 14.5 Å². The molecule has 0 spiro atoms. The molecule has 4 aromatic heterocycles. The van der Waals surface area contributed by atoms with Crippen molar-refractivity contribution in [2.24, 2.45) is 0 Å². The molecule has 0 saturated carbocycles. The molecule has 0 aromatic carbocycles. The normalized spacial score (nSPS) is 11.2. The lowest BCUT2D eigenvalue weighted by Gasteiger charge is -2.02. The van der Waals surface area contributed by atoms with Gasteiger partial charge in [-0.1, -0.05) is 29.3 Å². The predicted molar refractivity (Wildman–Crippen MR) is 103 cm³/mol. The average molecular weight is 409 g/mol. The number of aromatic nitrogens is 3. The van der Waals surface area contributed by atoms with E-state index in [4.69, 9.17) is 23.2 Å². The summed E-state index contributed by atoms with van der Waals surface area (Å²) in [5.41, 5.74) is 3.32. The number of carbonyl (C=O) groups is 1. The van der Waals surface area contributed by atoms with Crippen molar-refractivity contribution in [3.63, 3.8) is 0 Å². The highest BCUT2D eigenvalue weighted by Gasteiger charge is 2.18. The molecule has 0 radical (unpaired) electrons. The number of thiazole rings is 1. The second-order valence-corrected chi connectivity index (χ2v) is 8.35. The summed E-state index contributed by atoms with van der Waals surface area (Å²) < 4.78 is 2.93. The minimum atomic E-state index is -0.258. The number of rotatable bonds is 3. The van der Waals surface area contributed by atoms with Crippen molar-refractivity contribution in [2.75, 3.05) is 5.32 Å². The Labute approximate surface area is 160 Å². The third-order valence-electron chi connectivity index (χ3n) is 3.58. The van der Waals surface area contributed by atoms with Gasteiger partial charge < -0.3 is 0 Å². The number of nitrogens with one attached hydrogen (secondary N) is 1. The van der Waals surface area contributed by atoms with Crippen LogP contribution in [-0.4, -0.2) is 20.3 Å². The highest BCUT2D eigenvalue weighted by atomic mass is 35.5. The van der Waals surface area contributed by atoms with Crippen molar-refractivity contribution in [1.82, 2.24) is 14.4 Å². The van der Waals surface area contributed by atoms with Gasteiger partial charge in [-0.25, -0.2) is 9.97 Å². The fourth-order valence-corrected chi connectivity index (χ4v) is 4.70. The summed E-state index contributed by atoms with van der Waals surface area (Å²) in [5.74, 6) is -0.258. The van der Waals surface area contributed by atoms with Crippen molar-refractivity contribution in [1.29, 1.82) is 0 Å². The van der Waals surface area contributed by atoms with Crippen LogP contribution >= 0.6 is 45.9 Å². The Morgan fingerprint density at radius 3 is 2.88 bits per heavy atom. The largest absolute Gasteiger partial charge is 0.296 e. The first kappa shape index (κ1) is 16.5. The number of amides is 1. The highest BCUT2D eigenvalue weighted by Crippen LogP contribution is 2.39. The van der Waals surface area contributed by atoms with E-state index in [1.165, 1.54) is 22.7 Å². The lowest BCUT2D eigenvalue weighted by molar-refractivity contribution is 0.102. The van der Waals surface area contributed by atoms with E-state index in [2.05, 4.69) is 15.3 Å². The first-order valence-electron chi connectivity index (χ1n) is 7.18. The molecule has 0 fully saturated rings. The smallest absolute Gasteiger partial charge is 0.276 e. The summed E-state index contributed by atoms with van der Waals surface area (Å²) in [5, 5.41) is 5.15. The molecule has 9 heteroatoms. The van der Waals surface area contributed by atoms with Crippen molar-refractivity contribution >= 4 is 62.6 Å². The van der Waals surface area contributed by atoms with E-state index in [9.17, 15) is 4.79 Å². The topological polar surface area (TPSA) is 59.3 Å². The first-order chi connectivity index (χ1) is 12.0. The van der Waals surface area contributed by atoms with Gasteiger partial charge in [-0.2, -0.15) is 0 Å². The maximum atomic E-state index is 12.7. The number of hydrogen-bond acceptors (Lipinski definition) is 5. The van der Waals surface area contributed by atoms with Crippen LogP contribution < -0.4 is 5.32 Å². The standard InChI is InChI=1S/C16H10Cl2N4OS2/c1-8-13(22-5-3-2-4-12(22)19-8)15(23)21-16-20-10(7-24-16)9-6-11(17)25-14(9)18/h2-7H,1H3,(H,20,21,23). The molecule has 4 rings (SSSR count). The van der Waals surface area contributed by atoms with Crippen LogP contribution in [0.4, 0.5) is 5.13 Å². The van der Waals surface area contributed by atoms with E-state index >= 15 is 0 Å². The third kappa shape index (κ3) is 3.04. The molecular formula is C16H10Cl2N4OS2. The van der Waals surface area contributed by atoms with Crippen molar-refractivity contribution < 1.29 is 4.79 Å². The lowest BCUT2D eigenvalue weighted by atomic mass is 10.3. The Balaban J connectivity index is 1.63. The second-order valence-electron chi connectivity index (χ2n) is 5.20. The fraction of sp³-hybridized carbons (Fsp3) is 0.0625. The lowest BCUT2D eigenvalue weighted by Crippen LogP contribution is -2.15. The Kier molecular flexibility index (Phi) is 4.24. The Hall–Kier alpha value is -1.93. The Morgan fingerprint density at radius 1 is 1.28 bits per heavy atom. The van der Waals surface area contributed by atoms with Crippen LogP contribution in [0.3, 0.4) is 0 Å². The van der Waals surface area contributed by atoms with Gasteiger partial charge in [0.1, 0.15) is 15.7 Å². The Bertz CT molecular complexity index is 1100. The highest BCUT2D eigenvalue weighted by molar-refractivity contribution is 7.20. The van der Waals surface area contributed by atoms with Crippen LogP contribution in [-0.2, 0) is 0 Å². The maximum Gasteiger partial charge on any atom is 0.276 e. The minimum Gasteiger partial charge on any atom is -0.296 e. The summed E-state index contributed by atoms with van der Waals surface area (Å²) in [6, 6.07) is 7.36. The predicted octanol–water partition coefficient (Wildman–Crippen LogP) is 5.39. The van der Waals surface area contributed by atoms with Gasteiger partial charge in [-0.05, 0) is 25.1 Å². The zero-order valence-electron chi connectivity index (χ0n) is 12.8. The molecule has 0 aliphatic carbocycles. The molecule has 1 amide bonds. The van der Waals surface area contributed by atoms with Crippen molar-refractivity contribution in [2.45, 2.75) is 6.92 Å². The number of carbonyl (C=O) groups excluding carboxylic acids is 1. The molecule has 0 atom stereocenters. The quantitative estimate of drug-likeness (QED) is 0.494. The molecule has 0 aliphatic rings. The summed E-state index contributed by atoms with van der Waals surface area (Å²) in [4.78, 5) is 21.5. The number of aryl methyl sites for hydroxylation is 1. The molecule has 0 saturated heterocycles. The van der Waals surface area contributed by atoms with E-state index in [1.807, 2.05) is 36.7 Å². The fourth-order valence-electron chi connectivity index (χ4n) is 2.51. The van der Waals surface area contributed by atoms with Gasteiger partial charge in [0.05, 0.1) is 15.7 Å². The van der Waals surface area contributed by atoms with Crippen molar-refractivity contribution in [3.05, 3.63) is 55.9 Å². The molecule has 0 unspecified atom stereocenters. The van der Waals surface area contributed by atoms with Gasteiger partial charge in [0.25, 0.3) is 5.91 Å². The summed E-state index contributed by atoms with van der Waals surface area (Å²) in [6.07, 6.45) is 1.81. The van der Waals surface area contributed by atoms with Gasteiger partial charge in [0, 0.05) is 17.1 Å². The van der Waals surface area contributed by atoms with Gasteiger partial charge >= 0.3 is 0 Å². The third-order valence-corrected chi connectivity index (χ3v) is 5.82. The SMILES string of the molecule is Cc1nc2ccccn2c1C(=O)Nc1nc(-c2cc(Cl)sc2Cl)cs1. The molecule has 4 heterocycles. The minimum absolute atomic E-state index is 0.258. The van der Waals surface area contributed by atoms with Crippen LogP contribution in [0.2, 0.25) is 8.67 Å². The van der Waals surface area contributed by atoms with E-state index in [0.29, 0.717) is 30.9 Å². The van der Waals surface area contributed by atoms with E-state index in [-0.39, 0.29) is 5.91 Å². The molecule has 5 nitrogen and oxygen atoms in total. The van der Waals surface area contributed by atoms with E-state index < -0.39 is 0 Å². The molecule has 0 aliphatic heterocycles. The van der Waals surface area contributed by atoms with Crippen LogP contribution in [0.1, 0.15) is 16.2 Å². The molecule has 25 heavy (non-hydrogen) atoms. The summed E-state index contributed by atoms with van der Waals surface area (Å²) in [6.45, 7) is 1.81. The van der Waals surface area contributed by atoms with Gasteiger partial charge in [-0.15, -0.1) is 22.7 Å². The number of pyridine rings is 1. The Morgan fingerprint density at radius 2 is 2.12 bits per heavy atom.